The van der Waals surface area contributed by atoms with E-state index in [2.05, 4.69) is 15.6 Å². The molecule has 0 spiro atoms. The largest absolute Gasteiger partial charge is 0.345 e. The predicted octanol–water partition coefficient (Wildman–Crippen LogP) is 5.31. The lowest BCUT2D eigenvalue weighted by Gasteiger charge is -2.19. The molecule has 0 fully saturated rings. The molecule has 0 aliphatic carbocycles. The summed E-state index contributed by atoms with van der Waals surface area (Å²) < 4.78 is 44.7. The molecule has 9 nitrogen and oxygen atoms in total. The maximum Gasteiger partial charge on any atom is 0.277 e. The average molecular weight is 648 g/mol. The van der Waals surface area contributed by atoms with Crippen molar-refractivity contribution in [3.63, 3.8) is 0 Å². The number of anilines is 1. The van der Waals surface area contributed by atoms with Crippen LogP contribution in [0, 0.1) is 19.7 Å². The fourth-order valence-corrected chi connectivity index (χ4v) is 4.87. The van der Waals surface area contributed by atoms with Gasteiger partial charge in [-0.3, -0.25) is 23.7 Å². The highest BCUT2D eigenvalue weighted by molar-refractivity contribution is 6.09. The number of carbonyl (C=O) groups excluding carboxylic acids is 3. The number of nitrogens with one attached hydrogen (secondary N) is 2. The second kappa shape index (κ2) is 13.7. The molecule has 0 saturated heterocycles. The van der Waals surface area contributed by atoms with Crippen LogP contribution in [-0.2, 0) is 17.3 Å². The Morgan fingerprint density at radius 3 is 2.26 bits per heavy atom. The van der Waals surface area contributed by atoms with Crippen LogP contribution < -0.4 is 16.2 Å². The van der Waals surface area contributed by atoms with Gasteiger partial charge < -0.3 is 15.5 Å². The summed E-state index contributed by atoms with van der Waals surface area (Å²) >= 11 is 0. The van der Waals surface area contributed by atoms with Crippen molar-refractivity contribution < 1.29 is 27.6 Å². The van der Waals surface area contributed by atoms with Crippen LogP contribution in [0.15, 0.2) is 65.6 Å². The monoisotopic (exact) mass is 647 g/mol. The van der Waals surface area contributed by atoms with Gasteiger partial charge in [-0.15, -0.1) is 0 Å². The lowest BCUT2D eigenvalue weighted by molar-refractivity contribution is -0.117. The standard InChI is InChI=1S/C35H36F3N5O4/c1-19-8-9-24(33(46)42(6)7)16-27(19)31-40-17-29(41-32(45)21(3)39-5)34(47)43(31)18-22-13-25(15-26(14-22)35(4,37)38)30(44)23-10-11-28(36)20(2)12-23/h8-17,21,39H,18H2,1-7H3,(H,41,45)/t21-/m0/s1. The molecule has 2 N–H and O–H groups in total. The van der Waals surface area contributed by atoms with E-state index in [0.717, 1.165) is 12.1 Å². The van der Waals surface area contributed by atoms with Crippen LogP contribution in [0.2, 0.25) is 0 Å². The van der Waals surface area contributed by atoms with Gasteiger partial charge in [-0.1, -0.05) is 6.07 Å². The van der Waals surface area contributed by atoms with Gasteiger partial charge in [0, 0.05) is 48.8 Å². The van der Waals surface area contributed by atoms with E-state index >= 15 is 0 Å². The minimum Gasteiger partial charge on any atom is -0.345 e. The van der Waals surface area contributed by atoms with Gasteiger partial charge in [-0.05, 0) is 93.0 Å². The number of aryl methyl sites for hydroxylation is 2. The van der Waals surface area contributed by atoms with Crippen LogP contribution in [0.3, 0.4) is 0 Å². The first-order chi connectivity index (χ1) is 22.0. The SMILES string of the molecule is CN[C@@H](C)C(=O)Nc1cnc(-c2cc(C(=O)N(C)C)ccc2C)n(Cc2cc(C(=O)c3ccc(F)c(C)c3)cc(C(C)(F)F)c2)c1=O. The van der Waals surface area contributed by atoms with Gasteiger partial charge in [-0.2, -0.15) is 0 Å². The Kier molecular flexibility index (Phi) is 10.1. The van der Waals surface area contributed by atoms with Crippen molar-refractivity contribution in [3.05, 3.63) is 116 Å². The van der Waals surface area contributed by atoms with Crippen molar-refractivity contribution in [2.24, 2.45) is 0 Å². The molecule has 12 heteroatoms. The van der Waals surface area contributed by atoms with Crippen LogP contribution in [0.5, 0.6) is 0 Å². The van der Waals surface area contributed by atoms with Gasteiger partial charge in [0.2, 0.25) is 5.91 Å². The van der Waals surface area contributed by atoms with E-state index in [-0.39, 0.29) is 46.2 Å². The molecule has 246 valence electrons. The maximum absolute atomic E-state index is 14.8. The van der Waals surface area contributed by atoms with Crippen LogP contribution >= 0.6 is 0 Å². The molecule has 0 radical (unpaired) electrons. The third-order valence-electron chi connectivity index (χ3n) is 7.79. The Bertz CT molecular complexity index is 1930. The first-order valence-corrected chi connectivity index (χ1v) is 14.8. The van der Waals surface area contributed by atoms with Gasteiger partial charge in [0.1, 0.15) is 17.3 Å². The maximum atomic E-state index is 14.8. The zero-order valence-corrected chi connectivity index (χ0v) is 27.2. The summed E-state index contributed by atoms with van der Waals surface area (Å²) in [5.74, 6) is -5.17. The molecule has 4 rings (SSSR count). The second-order valence-electron chi connectivity index (χ2n) is 11.7. The van der Waals surface area contributed by atoms with Crippen molar-refractivity contribution in [2.45, 2.75) is 46.2 Å². The number of carbonyl (C=O) groups is 3. The molecular formula is C35H36F3N5O4. The summed E-state index contributed by atoms with van der Waals surface area (Å²) in [5.41, 5.74) is 0.494. The van der Waals surface area contributed by atoms with Crippen molar-refractivity contribution >= 4 is 23.3 Å². The fourth-order valence-electron chi connectivity index (χ4n) is 4.87. The third kappa shape index (κ3) is 7.66. The van der Waals surface area contributed by atoms with Crippen LogP contribution in [0.4, 0.5) is 18.9 Å². The first-order valence-electron chi connectivity index (χ1n) is 14.8. The molecule has 0 bridgehead atoms. The molecular weight excluding hydrogens is 611 g/mol. The first kappa shape index (κ1) is 34.8. The molecule has 2 amide bonds. The number of benzene rings is 3. The summed E-state index contributed by atoms with van der Waals surface area (Å²) in [5, 5.41) is 5.34. The number of likely N-dealkylation sites (N-methyl/N-ethyl adjacent to an activating group) is 1. The number of nitrogens with zero attached hydrogens (tertiary/aromatic N) is 3. The Morgan fingerprint density at radius 1 is 0.957 bits per heavy atom. The summed E-state index contributed by atoms with van der Waals surface area (Å²) in [7, 11) is 4.78. The Balaban J connectivity index is 1.93. The van der Waals surface area contributed by atoms with Crippen molar-refractivity contribution in [1.82, 2.24) is 19.8 Å². The molecule has 3 aromatic carbocycles. The van der Waals surface area contributed by atoms with Crippen LogP contribution in [0.25, 0.3) is 11.4 Å². The van der Waals surface area contributed by atoms with Gasteiger partial charge in [0.05, 0.1) is 18.8 Å². The predicted molar refractivity (Wildman–Crippen MR) is 174 cm³/mol. The van der Waals surface area contributed by atoms with Crippen molar-refractivity contribution in [1.29, 1.82) is 0 Å². The number of rotatable bonds is 10. The third-order valence-corrected chi connectivity index (χ3v) is 7.79. The number of ketones is 1. The van der Waals surface area contributed by atoms with Crippen molar-refractivity contribution in [2.75, 3.05) is 26.5 Å². The minimum absolute atomic E-state index is 0.0883. The summed E-state index contributed by atoms with van der Waals surface area (Å²) in [6.45, 7) is 5.21. The lowest BCUT2D eigenvalue weighted by atomic mass is 9.95. The van der Waals surface area contributed by atoms with E-state index in [1.807, 2.05) is 0 Å². The van der Waals surface area contributed by atoms with Crippen molar-refractivity contribution in [3.8, 4) is 11.4 Å². The Morgan fingerprint density at radius 2 is 1.64 bits per heavy atom. The number of halogens is 3. The summed E-state index contributed by atoms with van der Waals surface area (Å²) in [6.07, 6.45) is 1.21. The molecule has 1 heterocycles. The quantitative estimate of drug-likeness (QED) is 0.226. The smallest absolute Gasteiger partial charge is 0.277 e. The van der Waals surface area contributed by atoms with Gasteiger partial charge in [0.25, 0.3) is 17.4 Å². The molecule has 1 atom stereocenters. The van der Waals surface area contributed by atoms with E-state index in [1.54, 1.807) is 53.2 Å². The Hall–Kier alpha value is -5.10. The molecule has 0 aliphatic heterocycles. The highest BCUT2D eigenvalue weighted by atomic mass is 19.3. The second-order valence-corrected chi connectivity index (χ2v) is 11.7. The zero-order valence-electron chi connectivity index (χ0n) is 27.2. The number of amides is 2. The fraction of sp³-hybridized carbons (Fsp3) is 0.286. The van der Waals surface area contributed by atoms with E-state index in [1.165, 1.54) is 46.9 Å². The highest BCUT2D eigenvalue weighted by Crippen LogP contribution is 2.31. The molecule has 1 aromatic heterocycles. The highest BCUT2D eigenvalue weighted by Gasteiger charge is 2.27. The molecule has 0 saturated carbocycles. The average Bonchev–Trinajstić information content (AvgIpc) is 3.02. The van der Waals surface area contributed by atoms with Gasteiger partial charge >= 0.3 is 0 Å². The normalized spacial score (nSPS) is 12.0. The molecule has 0 aliphatic rings. The zero-order chi connectivity index (χ0) is 34.8. The Labute approximate surface area is 270 Å². The topological polar surface area (TPSA) is 113 Å². The summed E-state index contributed by atoms with van der Waals surface area (Å²) in [4.78, 5) is 58.9. The number of alkyl halides is 2. The van der Waals surface area contributed by atoms with Gasteiger partial charge in [0.15, 0.2) is 5.78 Å². The van der Waals surface area contributed by atoms with E-state index < -0.39 is 40.6 Å². The van der Waals surface area contributed by atoms with E-state index in [0.29, 0.717) is 23.6 Å². The minimum atomic E-state index is -3.35. The van der Waals surface area contributed by atoms with E-state index in [9.17, 15) is 32.3 Å². The van der Waals surface area contributed by atoms with Gasteiger partial charge in [-0.25, -0.2) is 18.2 Å². The molecule has 4 aromatic rings. The van der Waals surface area contributed by atoms with Crippen LogP contribution in [-0.4, -0.2) is 59.2 Å². The van der Waals surface area contributed by atoms with E-state index in [4.69, 9.17) is 0 Å². The summed E-state index contributed by atoms with van der Waals surface area (Å²) in [6, 6.07) is 11.7. The van der Waals surface area contributed by atoms with Crippen LogP contribution in [0.1, 0.15) is 62.4 Å². The molecule has 47 heavy (non-hydrogen) atoms. The number of hydrogen-bond donors (Lipinski definition) is 2. The number of aromatic nitrogens is 2. The number of hydrogen-bond acceptors (Lipinski definition) is 6. The molecule has 0 unspecified atom stereocenters. The lowest BCUT2D eigenvalue weighted by Crippen LogP contribution is -2.38.